The number of hydrogen-bond donors (Lipinski definition) is 2. The van der Waals surface area contributed by atoms with Gasteiger partial charge in [-0.05, 0) is 68.9 Å². The molecule has 214 valence electrons. The number of ether oxygens (including phenoxy) is 3. The molecule has 10 heteroatoms. The van der Waals surface area contributed by atoms with Gasteiger partial charge in [0.05, 0.1) is 45.7 Å². The predicted octanol–water partition coefficient (Wildman–Crippen LogP) is 6.36. The molecule has 0 spiro atoms. The molecular weight excluding hydrogens is 554 g/mol. The summed E-state index contributed by atoms with van der Waals surface area (Å²) in [6.45, 7) is 2.29. The lowest BCUT2D eigenvalue weighted by atomic mass is 9.84. The van der Waals surface area contributed by atoms with E-state index in [0.717, 1.165) is 36.9 Å². The van der Waals surface area contributed by atoms with Gasteiger partial charge in [-0.25, -0.2) is 0 Å². The summed E-state index contributed by atoms with van der Waals surface area (Å²) in [7, 11) is 1.50. The highest BCUT2D eigenvalue weighted by atomic mass is 35.5. The first-order valence-corrected chi connectivity index (χ1v) is 14.1. The highest BCUT2D eigenvalue weighted by molar-refractivity contribution is 6.33. The lowest BCUT2D eigenvalue weighted by Crippen LogP contribution is -2.33. The average Bonchev–Trinajstić information content (AvgIpc) is 3.53. The van der Waals surface area contributed by atoms with Crippen molar-refractivity contribution < 1.29 is 19.0 Å². The number of pyridine rings is 2. The van der Waals surface area contributed by atoms with Crippen LogP contribution in [-0.4, -0.2) is 28.6 Å². The molecule has 0 amide bonds. The Morgan fingerprint density at radius 1 is 1.14 bits per heavy atom. The molecule has 2 fully saturated rings. The fraction of sp³-hybridized carbons (Fsp3) is 0.312. The number of carbonyl (C=O) groups is 1. The molecule has 0 aliphatic heterocycles. The Balaban J connectivity index is 1.27. The molecule has 2 heterocycles. The van der Waals surface area contributed by atoms with Crippen LogP contribution in [0, 0.1) is 23.7 Å². The minimum atomic E-state index is -0.553. The molecular formula is C32H30ClN5O4. The summed E-state index contributed by atoms with van der Waals surface area (Å²) >= 11 is 6.63. The topological polar surface area (TPSA) is 132 Å². The van der Waals surface area contributed by atoms with Gasteiger partial charge in [-0.1, -0.05) is 17.7 Å². The molecule has 2 bridgehead atoms. The van der Waals surface area contributed by atoms with Crippen LogP contribution in [0.15, 0.2) is 54.9 Å². The number of esters is 1. The highest BCUT2D eigenvalue weighted by Gasteiger charge is 2.57. The van der Waals surface area contributed by atoms with E-state index in [1.165, 1.54) is 13.3 Å². The smallest absolute Gasteiger partial charge is 0.317 e. The van der Waals surface area contributed by atoms with E-state index in [0.29, 0.717) is 57.4 Å². The Bertz CT molecular complexity index is 1740. The lowest BCUT2D eigenvalue weighted by Gasteiger charge is -2.24. The number of nitrogens with zero attached hydrogens (tertiary/aromatic N) is 3. The Morgan fingerprint density at radius 2 is 1.95 bits per heavy atom. The first kappa shape index (κ1) is 27.8. The van der Waals surface area contributed by atoms with Gasteiger partial charge in [0, 0.05) is 35.5 Å². The quantitative estimate of drug-likeness (QED) is 0.179. The molecule has 2 saturated carbocycles. The number of anilines is 2. The van der Waals surface area contributed by atoms with Crippen LogP contribution in [0.25, 0.3) is 10.9 Å². The van der Waals surface area contributed by atoms with Crippen LogP contribution in [0.3, 0.4) is 0 Å². The second-order valence-electron chi connectivity index (χ2n) is 11.2. The number of rotatable bonds is 8. The summed E-state index contributed by atoms with van der Waals surface area (Å²) < 4.78 is 17.4. The lowest BCUT2D eigenvalue weighted by molar-refractivity contribution is -0.145. The van der Waals surface area contributed by atoms with E-state index in [1.807, 2.05) is 19.1 Å². The summed E-state index contributed by atoms with van der Waals surface area (Å²) in [6.07, 6.45) is 6.94. The van der Waals surface area contributed by atoms with Crippen LogP contribution >= 0.6 is 11.6 Å². The average molecular weight is 584 g/mol. The van der Waals surface area contributed by atoms with Crippen molar-refractivity contribution in [2.45, 2.75) is 51.2 Å². The van der Waals surface area contributed by atoms with Crippen LogP contribution in [0.4, 0.5) is 11.4 Å². The first-order chi connectivity index (χ1) is 20.2. The van der Waals surface area contributed by atoms with Gasteiger partial charge >= 0.3 is 5.97 Å². The molecule has 6 rings (SSSR count). The van der Waals surface area contributed by atoms with E-state index in [-0.39, 0.29) is 17.3 Å². The Morgan fingerprint density at radius 3 is 2.62 bits per heavy atom. The van der Waals surface area contributed by atoms with Crippen LogP contribution in [0.2, 0.25) is 5.02 Å². The number of benzene rings is 2. The van der Waals surface area contributed by atoms with Crippen LogP contribution in [-0.2, 0) is 11.4 Å². The maximum atomic E-state index is 13.3. The monoisotopic (exact) mass is 583 g/mol. The third-order valence-corrected chi connectivity index (χ3v) is 8.81. The van der Waals surface area contributed by atoms with Gasteiger partial charge in [-0.2, -0.15) is 5.26 Å². The van der Waals surface area contributed by atoms with E-state index >= 15 is 0 Å². The van der Waals surface area contributed by atoms with Crippen molar-refractivity contribution in [1.29, 1.82) is 5.26 Å². The molecule has 3 N–H and O–H groups in total. The number of methoxy groups -OCH3 is 1. The summed E-state index contributed by atoms with van der Waals surface area (Å²) in [5.74, 6) is 0.919. The van der Waals surface area contributed by atoms with Gasteiger partial charge in [-0.15, -0.1) is 0 Å². The number of nitriles is 1. The number of carbonyl (C=O) groups excluding carboxylic acids is 1. The van der Waals surface area contributed by atoms with Crippen LogP contribution in [0.5, 0.6) is 17.2 Å². The van der Waals surface area contributed by atoms with Gasteiger partial charge < -0.3 is 25.3 Å². The maximum Gasteiger partial charge on any atom is 0.317 e. The fourth-order valence-corrected chi connectivity index (χ4v) is 6.26. The molecule has 2 aromatic carbocycles. The molecule has 0 atom stereocenters. The Kier molecular flexibility index (Phi) is 7.13. The van der Waals surface area contributed by atoms with E-state index in [9.17, 15) is 10.1 Å². The Labute approximate surface area is 248 Å². The minimum Gasteiger partial charge on any atom is -0.493 e. The third-order valence-electron chi connectivity index (χ3n) is 8.50. The number of aryl methyl sites for hydroxylation is 1. The molecule has 0 saturated heterocycles. The highest BCUT2D eigenvalue weighted by Crippen LogP contribution is 2.56. The largest absolute Gasteiger partial charge is 0.493 e. The van der Waals surface area contributed by atoms with Gasteiger partial charge in [-0.3, -0.25) is 14.8 Å². The van der Waals surface area contributed by atoms with Crippen molar-refractivity contribution in [3.63, 3.8) is 0 Å². The third kappa shape index (κ3) is 5.08. The molecule has 4 aromatic rings. The standard InChI is InChI=1S/C32H30ClN5O4/c1-19-4-3-11-36-26(19)17-41-21-5-6-24(23(33)12-21)38-29-20(15-34)16-37-25-14-28(27(40-2)13-22(25)29)42-30(39)31-7-9-32(35,18-31)10-8-31/h3-6,11-14,16H,7-10,17-18,35H2,1-2H3,(H,37,38). The molecule has 2 aromatic heterocycles. The van der Waals surface area contributed by atoms with Crippen molar-refractivity contribution in [2.75, 3.05) is 12.4 Å². The van der Waals surface area contributed by atoms with Crippen molar-refractivity contribution in [3.05, 3.63) is 76.7 Å². The zero-order valence-corrected chi connectivity index (χ0v) is 24.1. The summed E-state index contributed by atoms with van der Waals surface area (Å²) in [5, 5.41) is 14.2. The molecule has 0 unspecified atom stereocenters. The number of hydrogen-bond acceptors (Lipinski definition) is 9. The van der Waals surface area contributed by atoms with E-state index in [2.05, 4.69) is 21.4 Å². The first-order valence-electron chi connectivity index (χ1n) is 13.7. The zero-order chi connectivity index (χ0) is 29.5. The van der Waals surface area contributed by atoms with Crippen LogP contribution < -0.4 is 25.3 Å². The molecule has 2 aliphatic carbocycles. The summed E-state index contributed by atoms with van der Waals surface area (Å²) in [5.41, 5.74) is 9.38. The van der Waals surface area contributed by atoms with Crippen molar-refractivity contribution in [1.82, 2.24) is 9.97 Å². The van der Waals surface area contributed by atoms with Gasteiger partial charge in [0.2, 0.25) is 0 Å². The van der Waals surface area contributed by atoms with E-state index in [4.69, 9.17) is 31.5 Å². The van der Waals surface area contributed by atoms with Crippen molar-refractivity contribution in [2.24, 2.45) is 11.1 Å². The molecule has 2 aliphatic rings. The Hall–Kier alpha value is -4.39. The van der Waals surface area contributed by atoms with Crippen molar-refractivity contribution in [3.8, 4) is 23.3 Å². The second kappa shape index (κ2) is 10.8. The fourth-order valence-electron chi connectivity index (χ4n) is 6.04. The van der Waals surface area contributed by atoms with Crippen molar-refractivity contribution >= 4 is 39.8 Å². The number of nitrogens with one attached hydrogen (secondary N) is 1. The second-order valence-corrected chi connectivity index (χ2v) is 11.6. The SMILES string of the molecule is COc1cc2c(Nc3ccc(OCc4ncccc4C)cc3Cl)c(C#N)cnc2cc1OC(=O)C12CCC(N)(CC1)C2. The number of aromatic nitrogens is 2. The number of fused-ring (bicyclic) bond motifs is 3. The summed E-state index contributed by atoms with van der Waals surface area (Å²) in [6, 6.07) is 14.7. The van der Waals surface area contributed by atoms with E-state index < -0.39 is 5.41 Å². The number of nitrogens with two attached hydrogens (primary N) is 1. The maximum absolute atomic E-state index is 13.3. The molecule has 0 radical (unpaired) electrons. The van der Waals surface area contributed by atoms with Gasteiger partial charge in [0.15, 0.2) is 11.5 Å². The summed E-state index contributed by atoms with van der Waals surface area (Å²) in [4.78, 5) is 22.1. The van der Waals surface area contributed by atoms with E-state index in [1.54, 1.807) is 36.5 Å². The number of halogens is 1. The molecule has 42 heavy (non-hydrogen) atoms. The predicted molar refractivity (Wildman–Crippen MR) is 159 cm³/mol. The van der Waals surface area contributed by atoms with Gasteiger partial charge in [0.1, 0.15) is 18.4 Å². The molecule has 9 nitrogen and oxygen atoms in total. The van der Waals surface area contributed by atoms with Crippen LogP contribution in [0.1, 0.15) is 48.9 Å². The minimum absolute atomic E-state index is 0.272. The zero-order valence-electron chi connectivity index (χ0n) is 23.4. The van der Waals surface area contributed by atoms with Gasteiger partial charge in [0.25, 0.3) is 0 Å². The normalized spacial score (nSPS) is 20.7.